The number of aryl methyl sites for hydroxylation is 1. The molecule has 46 heavy (non-hydrogen) atoms. The van der Waals surface area contributed by atoms with Crippen LogP contribution in [0.4, 0.5) is 5.69 Å². The monoisotopic (exact) mass is 661 g/mol. The van der Waals surface area contributed by atoms with Gasteiger partial charge in [-0.2, -0.15) is 0 Å². The predicted octanol–water partition coefficient (Wildman–Crippen LogP) is 6.41. The van der Waals surface area contributed by atoms with Gasteiger partial charge in [-0.15, -0.1) is 0 Å². The zero-order valence-corrected chi connectivity index (χ0v) is 27.9. The summed E-state index contributed by atoms with van der Waals surface area (Å²) >= 11 is 6.31. The standard InChI is InChI=1S/C36H40ClN3O5S/c1-4-5-22-38-36(42)34(24-28-10-7-6-8-11-28)39(25-29-12-9-13-30(37)23-29)35(41)26-40(31-16-14-27(2)15-17-31)46(43,44)33-20-18-32(45-3)19-21-33/h6-21,23,34H,4-5,22,24-26H2,1-3H3,(H,38,42)/t34-/m0/s1. The number of carbonyl (C=O) groups excluding carboxylic acids is 2. The molecule has 0 saturated carbocycles. The lowest BCUT2D eigenvalue weighted by Crippen LogP contribution is -2.53. The predicted molar refractivity (Wildman–Crippen MR) is 183 cm³/mol. The first kappa shape index (κ1) is 34.5. The Morgan fingerprint density at radius 1 is 0.891 bits per heavy atom. The average Bonchev–Trinajstić information content (AvgIpc) is 3.06. The Bertz CT molecular complexity index is 1700. The molecule has 242 valence electrons. The molecule has 4 aromatic rings. The number of hydrogen-bond donors (Lipinski definition) is 1. The molecule has 0 fully saturated rings. The Morgan fingerprint density at radius 3 is 2.20 bits per heavy atom. The third-order valence-electron chi connectivity index (χ3n) is 7.59. The van der Waals surface area contributed by atoms with E-state index in [1.165, 1.54) is 24.1 Å². The number of unbranched alkanes of at least 4 members (excludes halogenated alkanes) is 1. The third kappa shape index (κ3) is 9.11. The Labute approximate surface area is 277 Å². The first-order valence-corrected chi connectivity index (χ1v) is 17.0. The van der Waals surface area contributed by atoms with Gasteiger partial charge in [-0.25, -0.2) is 8.42 Å². The highest BCUT2D eigenvalue weighted by atomic mass is 35.5. The molecule has 0 spiro atoms. The average molecular weight is 662 g/mol. The van der Waals surface area contributed by atoms with Crippen LogP contribution in [0.2, 0.25) is 5.02 Å². The summed E-state index contributed by atoms with van der Waals surface area (Å²) in [6.07, 6.45) is 1.91. The third-order valence-corrected chi connectivity index (χ3v) is 9.61. The van der Waals surface area contributed by atoms with E-state index in [0.29, 0.717) is 28.6 Å². The van der Waals surface area contributed by atoms with E-state index in [1.54, 1.807) is 54.6 Å². The number of anilines is 1. The summed E-state index contributed by atoms with van der Waals surface area (Å²) in [5, 5.41) is 3.48. The van der Waals surface area contributed by atoms with Gasteiger partial charge in [0.1, 0.15) is 18.3 Å². The normalized spacial score (nSPS) is 11.8. The number of rotatable bonds is 15. The molecule has 1 N–H and O–H groups in total. The molecule has 0 saturated heterocycles. The van der Waals surface area contributed by atoms with Gasteiger partial charge in [-0.1, -0.05) is 85.1 Å². The molecule has 0 aromatic heterocycles. The summed E-state index contributed by atoms with van der Waals surface area (Å²) in [5.41, 5.74) is 2.83. The van der Waals surface area contributed by atoms with Crippen LogP contribution in [0.15, 0.2) is 108 Å². The van der Waals surface area contributed by atoms with Crippen molar-refractivity contribution in [1.29, 1.82) is 0 Å². The fourth-order valence-corrected chi connectivity index (χ4v) is 6.63. The minimum absolute atomic E-state index is 0.00112. The van der Waals surface area contributed by atoms with Crippen LogP contribution in [0, 0.1) is 6.92 Å². The summed E-state index contributed by atoms with van der Waals surface area (Å²) in [7, 11) is -2.71. The van der Waals surface area contributed by atoms with E-state index >= 15 is 0 Å². The lowest BCUT2D eigenvalue weighted by Gasteiger charge is -2.34. The van der Waals surface area contributed by atoms with Gasteiger partial charge in [-0.3, -0.25) is 13.9 Å². The van der Waals surface area contributed by atoms with Crippen LogP contribution < -0.4 is 14.4 Å². The van der Waals surface area contributed by atoms with Gasteiger partial charge in [0.05, 0.1) is 17.7 Å². The van der Waals surface area contributed by atoms with Crippen LogP contribution in [0.25, 0.3) is 0 Å². The van der Waals surface area contributed by atoms with Crippen LogP contribution in [0.5, 0.6) is 5.75 Å². The maximum Gasteiger partial charge on any atom is 0.264 e. The van der Waals surface area contributed by atoms with Crippen LogP contribution in [-0.4, -0.2) is 51.4 Å². The molecule has 4 aromatic carbocycles. The number of benzene rings is 4. The number of nitrogens with one attached hydrogen (secondary N) is 1. The SMILES string of the molecule is CCCCNC(=O)[C@H](Cc1ccccc1)N(Cc1cccc(Cl)c1)C(=O)CN(c1ccc(C)cc1)S(=O)(=O)c1ccc(OC)cc1. The maximum atomic E-state index is 14.5. The maximum absolute atomic E-state index is 14.5. The Kier molecular flexibility index (Phi) is 12.2. The van der Waals surface area contributed by atoms with Crippen LogP contribution >= 0.6 is 11.6 Å². The van der Waals surface area contributed by atoms with E-state index in [1.807, 2.05) is 50.2 Å². The highest BCUT2D eigenvalue weighted by Crippen LogP contribution is 2.27. The minimum Gasteiger partial charge on any atom is -0.497 e. The van der Waals surface area contributed by atoms with Crippen molar-refractivity contribution in [3.63, 3.8) is 0 Å². The fourth-order valence-electron chi connectivity index (χ4n) is 5.01. The fraction of sp³-hybridized carbons (Fsp3) is 0.278. The zero-order valence-electron chi connectivity index (χ0n) is 26.4. The van der Waals surface area contributed by atoms with Crippen molar-refractivity contribution in [2.75, 3.05) is 24.5 Å². The van der Waals surface area contributed by atoms with Crippen molar-refractivity contribution in [3.8, 4) is 5.75 Å². The molecule has 1 atom stereocenters. The van der Waals surface area contributed by atoms with Crippen molar-refractivity contribution in [2.24, 2.45) is 0 Å². The molecule has 10 heteroatoms. The van der Waals surface area contributed by atoms with Crippen LogP contribution in [0.1, 0.15) is 36.5 Å². The van der Waals surface area contributed by atoms with E-state index in [2.05, 4.69) is 5.32 Å². The minimum atomic E-state index is -4.21. The quantitative estimate of drug-likeness (QED) is 0.149. The molecule has 0 aliphatic rings. The summed E-state index contributed by atoms with van der Waals surface area (Å²) in [5.74, 6) is -0.348. The number of amides is 2. The Balaban J connectivity index is 1.78. The Morgan fingerprint density at radius 2 is 1.57 bits per heavy atom. The van der Waals surface area contributed by atoms with Crippen LogP contribution in [0.3, 0.4) is 0 Å². The van der Waals surface area contributed by atoms with Gasteiger partial charge < -0.3 is 15.0 Å². The van der Waals surface area contributed by atoms with Crippen molar-refractivity contribution < 1.29 is 22.7 Å². The van der Waals surface area contributed by atoms with Gasteiger partial charge in [0.25, 0.3) is 10.0 Å². The number of hydrogen-bond acceptors (Lipinski definition) is 5. The smallest absolute Gasteiger partial charge is 0.264 e. The summed E-state index contributed by atoms with van der Waals surface area (Å²) in [6, 6.07) is 28.5. The number of methoxy groups -OCH3 is 1. The van der Waals surface area contributed by atoms with Crippen molar-refractivity contribution in [1.82, 2.24) is 10.2 Å². The van der Waals surface area contributed by atoms with Gasteiger partial charge >= 0.3 is 0 Å². The number of halogens is 1. The second-order valence-electron chi connectivity index (χ2n) is 11.0. The first-order valence-electron chi connectivity index (χ1n) is 15.2. The van der Waals surface area contributed by atoms with Crippen molar-refractivity contribution in [3.05, 3.63) is 125 Å². The van der Waals surface area contributed by atoms with Crippen molar-refractivity contribution in [2.45, 2.75) is 50.6 Å². The topological polar surface area (TPSA) is 96.0 Å². The molecule has 8 nitrogen and oxygen atoms in total. The summed E-state index contributed by atoms with van der Waals surface area (Å²) < 4.78 is 34.6. The molecule has 4 rings (SSSR count). The highest BCUT2D eigenvalue weighted by molar-refractivity contribution is 7.92. The van der Waals surface area contributed by atoms with Gasteiger partial charge in [0.2, 0.25) is 11.8 Å². The van der Waals surface area contributed by atoms with Crippen molar-refractivity contribution >= 4 is 39.1 Å². The number of carbonyl (C=O) groups is 2. The van der Waals surface area contributed by atoms with E-state index in [-0.39, 0.29) is 23.8 Å². The molecule has 0 aliphatic heterocycles. The second-order valence-corrected chi connectivity index (χ2v) is 13.3. The molecule has 0 heterocycles. The van der Waals surface area contributed by atoms with E-state index < -0.39 is 28.5 Å². The number of sulfonamides is 1. The number of nitrogens with zero attached hydrogens (tertiary/aromatic N) is 2. The molecule has 0 aliphatic carbocycles. The number of ether oxygens (including phenoxy) is 1. The molecule has 2 amide bonds. The van der Waals surface area contributed by atoms with Crippen LogP contribution in [-0.2, 0) is 32.6 Å². The van der Waals surface area contributed by atoms with E-state index in [0.717, 1.165) is 28.3 Å². The van der Waals surface area contributed by atoms with E-state index in [9.17, 15) is 18.0 Å². The molecule has 0 unspecified atom stereocenters. The van der Waals surface area contributed by atoms with Gasteiger partial charge in [-0.05, 0) is 73.0 Å². The lowest BCUT2D eigenvalue weighted by molar-refractivity contribution is -0.140. The molecular weight excluding hydrogens is 622 g/mol. The Hall–Kier alpha value is -4.34. The van der Waals surface area contributed by atoms with Gasteiger partial charge in [0, 0.05) is 24.5 Å². The molecule has 0 bridgehead atoms. The highest BCUT2D eigenvalue weighted by Gasteiger charge is 2.34. The largest absolute Gasteiger partial charge is 0.497 e. The molecule has 0 radical (unpaired) electrons. The first-order chi connectivity index (χ1) is 22.1. The summed E-state index contributed by atoms with van der Waals surface area (Å²) in [6.45, 7) is 3.90. The second kappa shape index (κ2) is 16.3. The molecular formula is C36H40ClN3O5S. The zero-order chi connectivity index (χ0) is 33.1. The lowest BCUT2D eigenvalue weighted by atomic mass is 10.0. The van der Waals surface area contributed by atoms with E-state index in [4.69, 9.17) is 16.3 Å². The van der Waals surface area contributed by atoms with Gasteiger partial charge in [0.15, 0.2) is 0 Å². The summed E-state index contributed by atoms with van der Waals surface area (Å²) in [4.78, 5) is 29.8.